The lowest BCUT2D eigenvalue weighted by atomic mass is 10.1. The summed E-state index contributed by atoms with van der Waals surface area (Å²) >= 11 is 1.52. The molecule has 0 unspecified atom stereocenters. The number of hydrogen-bond donors (Lipinski definition) is 0. The van der Waals surface area contributed by atoms with Gasteiger partial charge in [-0.15, -0.1) is 17.0 Å². The number of amidine groups is 1. The number of halogens is 3. The molecule has 0 aliphatic carbocycles. The van der Waals surface area contributed by atoms with Gasteiger partial charge in [-0.1, -0.05) is 11.8 Å². The highest BCUT2D eigenvalue weighted by Crippen LogP contribution is 2.35. The fourth-order valence-corrected chi connectivity index (χ4v) is 2.77. The SMILES string of the molecule is Br.Fc1ccc(C2=CSC3=NCCN23)cc1F. The number of hydrogen-bond acceptors (Lipinski definition) is 3. The summed E-state index contributed by atoms with van der Waals surface area (Å²) in [6.45, 7) is 1.58. The molecule has 0 fully saturated rings. The van der Waals surface area contributed by atoms with Crippen LogP contribution in [-0.2, 0) is 0 Å². The van der Waals surface area contributed by atoms with Gasteiger partial charge in [0.2, 0.25) is 0 Å². The molecule has 0 aromatic heterocycles. The van der Waals surface area contributed by atoms with E-state index in [9.17, 15) is 8.78 Å². The van der Waals surface area contributed by atoms with Crippen molar-refractivity contribution in [2.45, 2.75) is 0 Å². The van der Waals surface area contributed by atoms with Gasteiger partial charge in [-0.2, -0.15) is 0 Å². The van der Waals surface area contributed by atoms with Crippen LogP contribution >= 0.6 is 28.7 Å². The van der Waals surface area contributed by atoms with Gasteiger partial charge in [-0.05, 0) is 18.2 Å². The lowest BCUT2D eigenvalue weighted by Gasteiger charge is -2.16. The van der Waals surface area contributed by atoms with Gasteiger partial charge in [0.1, 0.15) is 0 Å². The Balaban J connectivity index is 0.00000108. The number of rotatable bonds is 1. The topological polar surface area (TPSA) is 15.6 Å². The summed E-state index contributed by atoms with van der Waals surface area (Å²) in [5, 5.41) is 2.87. The van der Waals surface area contributed by atoms with E-state index in [2.05, 4.69) is 4.99 Å². The Labute approximate surface area is 112 Å². The fourth-order valence-electron chi connectivity index (χ4n) is 1.80. The Kier molecular flexibility index (Phi) is 3.53. The maximum atomic E-state index is 13.1. The van der Waals surface area contributed by atoms with Crippen molar-refractivity contribution >= 4 is 39.6 Å². The lowest BCUT2D eigenvalue weighted by Crippen LogP contribution is -2.19. The predicted molar refractivity (Wildman–Crippen MR) is 71.3 cm³/mol. The molecule has 0 bridgehead atoms. The van der Waals surface area contributed by atoms with Crippen LogP contribution in [0, 0.1) is 11.6 Å². The van der Waals surface area contributed by atoms with Crippen LogP contribution in [0.25, 0.3) is 5.70 Å². The molecule has 2 aliphatic rings. The molecule has 1 aromatic rings. The highest BCUT2D eigenvalue weighted by molar-refractivity contribution is 8.93. The van der Waals surface area contributed by atoms with Gasteiger partial charge in [-0.3, -0.25) is 4.99 Å². The fraction of sp³-hybridized carbons (Fsp3) is 0.182. The monoisotopic (exact) mass is 318 g/mol. The number of aliphatic imine (C=N–C) groups is 1. The van der Waals surface area contributed by atoms with E-state index < -0.39 is 11.6 Å². The highest BCUT2D eigenvalue weighted by atomic mass is 79.9. The second kappa shape index (κ2) is 4.78. The van der Waals surface area contributed by atoms with Crippen LogP contribution in [0.4, 0.5) is 8.78 Å². The number of thioether (sulfide) groups is 1. The third-order valence-electron chi connectivity index (χ3n) is 2.58. The zero-order valence-electron chi connectivity index (χ0n) is 8.69. The van der Waals surface area contributed by atoms with E-state index in [-0.39, 0.29) is 17.0 Å². The van der Waals surface area contributed by atoms with Crippen LogP contribution in [0.1, 0.15) is 5.56 Å². The molecular formula is C11H9BrF2N2S. The van der Waals surface area contributed by atoms with Gasteiger partial charge in [0.15, 0.2) is 16.8 Å². The Hall–Kier alpha value is -0.880. The van der Waals surface area contributed by atoms with Crippen molar-refractivity contribution < 1.29 is 8.78 Å². The first kappa shape index (κ1) is 12.6. The van der Waals surface area contributed by atoms with Crippen LogP contribution in [-0.4, -0.2) is 23.2 Å². The van der Waals surface area contributed by atoms with E-state index >= 15 is 0 Å². The average Bonchev–Trinajstić information content (AvgIpc) is 2.83. The minimum absolute atomic E-state index is 0. The Morgan fingerprint density at radius 1 is 1.24 bits per heavy atom. The predicted octanol–water partition coefficient (Wildman–Crippen LogP) is 3.26. The molecule has 2 nitrogen and oxygen atoms in total. The molecular weight excluding hydrogens is 310 g/mol. The molecule has 90 valence electrons. The second-order valence-corrected chi connectivity index (χ2v) is 4.40. The van der Waals surface area contributed by atoms with Crippen LogP contribution in [0.3, 0.4) is 0 Å². The van der Waals surface area contributed by atoms with E-state index in [0.29, 0.717) is 5.56 Å². The standard InChI is InChI=1S/C11H8F2N2S.BrH/c12-8-2-1-7(5-9(8)13)10-6-16-11-14-3-4-15(10)11;/h1-2,5-6H,3-4H2;1H. The quantitative estimate of drug-likeness (QED) is 0.790. The van der Waals surface area contributed by atoms with E-state index in [0.717, 1.165) is 30.0 Å². The van der Waals surface area contributed by atoms with E-state index in [1.54, 1.807) is 6.07 Å². The van der Waals surface area contributed by atoms with Crippen molar-refractivity contribution in [3.63, 3.8) is 0 Å². The molecule has 17 heavy (non-hydrogen) atoms. The molecule has 1 aromatic carbocycles. The van der Waals surface area contributed by atoms with Crippen molar-refractivity contribution in [3.8, 4) is 0 Å². The maximum absolute atomic E-state index is 13.1. The second-order valence-electron chi connectivity index (χ2n) is 3.57. The lowest BCUT2D eigenvalue weighted by molar-refractivity contribution is 0.507. The van der Waals surface area contributed by atoms with Crippen LogP contribution < -0.4 is 0 Å². The summed E-state index contributed by atoms with van der Waals surface area (Å²) in [6.07, 6.45) is 0. The van der Waals surface area contributed by atoms with Crippen molar-refractivity contribution in [2.75, 3.05) is 13.1 Å². The third-order valence-corrected chi connectivity index (χ3v) is 3.49. The van der Waals surface area contributed by atoms with Gasteiger partial charge in [0.05, 0.1) is 12.2 Å². The minimum atomic E-state index is -0.815. The molecule has 0 spiro atoms. The normalized spacial score (nSPS) is 17.4. The summed E-state index contributed by atoms with van der Waals surface area (Å²) in [5.74, 6) is -1.63. The van der Waals surface area contributed by atoms with E-state index in [4.69, 9.17) is 0 Å². The molecule has 2 aliphatic heterocycles. The van der Waals surface area contributed by atoms with Crippen LogP contribution in [0.2, 0.25) is 0 Å². The molecule has 0 amide bonds. The molecule has 0 radical (unpaired) electrons. The van der Waals surface area contributed by atoms with Crippen LogP contribution in [0.15, 0.2) is 28.6 Å². The molecule has 0 N–H and O–H groups in total. The first-order valence-corrected chi connectivity index (χ1v) is 5.78. The van der Waals surface area contributed by atoms with Crippen molar-refractivity contribution in [3.05, 3.63) is 40.8 Å². The number of nitrogens with zero attached hydrogens (tertiary/aromatic N) is 2. The number of benzene rings is 1. The van der Waals surface area contributed by atoms with E-state index in [1.807, 2.05) is 10.3 Å². The first-order chi connectivity index (χ1) is 7.75. The van der Waals surface area contributed by atoms with Gasteiger partial charge in [0.25, 0.3) is 0 Å². The van der Waals surface area contributed by atoms with Crippen molar-refractivity contribution in [1.82, 2.24) is 4.90 Å². The number of fused-ring (bicyclic) bond motifs is 1. The van der Waals surface area contributed by atoms with Crippen molar-refractivity contribution in [1.29, 1.82) is 0 Å². The summed E-state index contributed by atoms with van der Waals surface area (Å²) in [6, 6.07) is 3.97. The third kappa shape index (κ3) is 2.11. The summed E-state index contributed by atoms with van der Waals surface area (Å²) in [5.41, 5.74) is 1.60. The Bertz CT molecular complexity index is 516. The molecule has 2 heterocycles. The smallest absolute Gasteiger partial charge is 0.168 e. The Morgan fingerprint density at radius 3 is 2.82 bits per heavy atom. The van der Waals surface area contributed by atoms with Gasteiger partial charge < -0.3 is 4.90 Å². The Morgan fingerprint density at radius 2 is 2.06 bits per heavy atom. The molecule has 3 rings (SSSR count). The average molecular weight is 319 g/mol. The summed E-state index contributed by atoms with van der Waals surface area (Å²) in [7, 11) is 0. The molecule has 6 heteroatoms. The van der Waals surface area contributed by atoms with Crippen LogP contribution in [0.5, 0.6) is 0 Å². The van der Waals surface area contributed by atoms with E-state index in [1.165, 1.54) is 17.8 Å². The first-order valence-electron chi connectivity index (χ1n) is 4.90. The maximum Gasteiger partial charge on any atom is 0.168 e. The summed E-state index contributed by atoms with van der Waals surface area (Å²) < 4.78 is 25.9. The van der Waals surface area contributed by atoms with Gasteiger partial charge >= 0.3 is 0 Å². The van der Waals surface area contributed by atoms with Crippen molar-refractivity contribution in [2.24, 2.45) is 4.99 Å². The zero-order chi connectivity index (χ0) is 11.1. The molecule has 0 saturated carbocycles. The molecule has 0 atom stereocenters. The zero-order valence-corrected chi connectivity index (χ0v) is 11.2. The van der Waals surface area contributed by atoms with Gasteiger partial charge in [0, 0.05) is 17.5 Å². The molecule has 0 saturated heterocycles. The van der Waals surface area contributed by atoms with Gasteiger partial charge in [-0.25, -0.2) is 8.78 Å². The minimum Gasteiger partial charge on any atom is -0.318 e. The highest BCUT2D eigenvalue weighted by Gasteiger charge is 2.27. The summed E-state index contributed by atoms with van der Waals surface area (Å²) in [4.78, 5) is 6.32. The largest absolute Gasteiger partial charge is 0.318 e.